The van der Waals surface area contributed by atoms with E-state index in [4.69, 9.17) is 4.52 Å². The van der Waals surface area contributed by atoms with Gasteiger partial charge in [0.25, 0.3) is 0 Å². The molecule has 8 nitrogen and oxygen atoms in total. The third kappa shape index (κ3) is 5.68. The number of carbonyl (C=O) groups excluding carboxylic acids is 2. The minimum Gasteiger partial charge on any atom is -0.360 e. The molecule has 0 aromatic carbocycles. The fraction of sp³-hybridized carbons (Fsp3) is 0.588. The summed E-state index contributed by atoms with van der Waals surface area (Å²) in [5.74, 6) is 1.03. The highest BCUT2D eigenvalue weighted by Gasteiger charge is 2.28. The van der Waals surface area contributed by atoms with Crippen LogP contribution in [0.5, 0.6) is 0 Å². The fourth-order valence-electron chi connectivity index (χ4n) is 2.92. The molecule has 0 unspecified atom stereocenters. The van der Waals surface area contributed by atoms with Crippen molar-refractivity contribution in [2.24, 2.45) is 0 Å². The molecule has 8 heteroatoms. The summed E-state index contributed by atoms with van der Waals surface area (Å²) >= 11 is 0. The molecule has 0 saturated carbocycles. The van der Waals surface area contributed by atoms with Gasteiger partial charge < -0.3 is 15.2 Å². The molecular weight excluding hydrogens is 322 g/mol. The van der Waals surface area contributed by atoms with Crippen molar-refractivity contribution in [2.75, 3.05) is 44.6 Å². The molecule has 0 radical (unpaired) electrons. The number of piperazine rings is 1. The predicted octanol–water partition coefficient (Wildman–Crippen LogP) is 0.620. The Kier molecular flexibility index (Phi) is 7.15. The quantitative estimate of drug-likeness (QED) is 0.669. The molecular formula is C17H27N5O3. The molecule has 138 valence electrons. The summed E-state index contributed by atoms with van der Waals surface area (Å²) in [7, 11) is 0. The van der Waals surface area contributed by atoms with Crippen LogP contribution >= 0.6 is 0 Å². The normalized spacial score (nSPS) is 17.0. The number of nitrogens with zero attached hydrogens (tertiary/aromatic N) is 3. The lowest BCUT2D eigenvalue weighted by Crippen LogP contribution is -2.55. The Bertz CT molecular complexity index is 593. The van der Waals surface area contributed by atoms with E-state index >= 15 is 0 Å². The molecule has 1 aliphatic heterocycles. The topological polar surface area (TPSA) is 90.7 Å². The Morgan fingerprint density at radius 1 is 1.40 bits per heavy atom. The highest BCUT2D eigenvalue weighted by molar-refractivity contribution is 5.94. The van der Waals surface area contributed by atoms with Crippen LogP contribution in [0.1, 0.15) is 19.1 Å². The molecule has 2 N–H and O–H groups in total. The van der Waals surface area contributed by atoms with E-state index in [1.807, 2.05) is 6.92 Å². The SMILES string of the molecule is C=CCNC(=O)CN1CCN([C@H](CC)C(=O)Nc2cc(C)on2)CC1. The Hall–Kier alpha value is -2.19. The van der Waals surface area contributed by atoms with Gasteiger partial charge in [-0.15, -0.1) is 6.58 Å². The minimum absolute atomic E-state index is 0.000429. The number of aromatic nitrogens is 1. The number of aryl methyl sites for hydroxylation is 1. The van der Waals surface area contributed by atoms with Gasteiger partial charge >= 0.3 is 0 Å². The van der Waals surface area contributed by atoms with Gasteiger partial charge in [0.05, 0.1) is 12.6 Å². The Morgan fingerprint density at radius 3 is 2.68 bits per heavy atom. The van der Waals surface area contributed by atoms with Crippen LogP contribution in [0.25, 0.3) is 0 Å². The molecule has 0 bridgehead atoms. The van der Waals surface area contributed by atoms with Crippen LogP contribution in [0.2, 0.25) is 0 Å². The average Bonchev–Trinajstić information content (AvgIpc) is 3.00. The number of nitrogens with one attached hydrogen (secondary N) is 2. The summed E-state index contributed by atoms with van der Waals surface area (Å²) in [6.45, 7) is 11.2. The van der Waals surface area contributed by atoms with E-state index in [1.165, 1.54) is 0 Å². The summed E-state index contributed by atoms with van der Waals surface area (Å²) in [5.41, 5.74) is 0. The van der Waals surface area contributed by atoms with Crippen LogP contribution < -0.4 is 10.6 Å². The average molecular weight is 349 g/mol. The molecule has 0 spiro atoms. The van der Waals surface area contributed by atoms with E-state index in [0.717, 1.165) is 26.2 Å². The smallest absolute Gasteiger partial charge is 0.242 e. The van der Waals surface area contributed by atoms with Crippen LogP contribution in [0.15, 0.2) is 23.2 Å². The summed E-state index contributed by atoms with van der Waals surface area (Å²) < 4.78 is 4.97. The maximum absolute atomic E-state index is 12.5. The Balaban J connectivity index is 1.81. The van der Waals surface area contributed by atoms with E-state index in [9.17, 15) is 9.59 Å². The first-order chi connectivity index (χ1) is 12.0. The van der Waals surface area contributed by atoms with E-state index in [1.54, 1.807) is 19.1 Å². The monoisotopic (exact) mass is 349 g/mol. The predicted molar refractivity (Wildman–Crippen MR) is 95.2 cm³/mol. The zero-order valence-electron chi connectivity index (χ0n) is 15.0. The molecule has 2 heterocycles. The number of amides is 2. The first-order valence-corrected chi connectivity index (χ1v) is 8.61. The van der Waals surface area contributed by atoms with Crippen molar-refractivity contribution in [1.29, 1.82) is 0 Å². The second-order valence-corrected chi connectivity index (χ2v) is 6.14. The Morgan fingerprint density at radius 2 is 2.12 bits per heavy atom. The summed E-state index contributed by atoms with van der Waals surface area (Å²) in [6, 6.07) is 1.48. The lowest BCUT2D eigenvalue weighted by Gasteiger charge is -2.37. The van der Waals surface area contributed by atoms with E-state index in [0.29, 0.717) is 31.1 Å². The second-order valence-electron chi connectivity index (χ2n) is 6.14. The van der Waals surface area contributed by atoms with Crippen LogP contribution in [-0.4, -0.2) is 72.1 Å². The van der Waals surface area contributed by atoms with Crippen LogP contribution in [0.3, 0.4) is 0 Å². The van der Waals surface area contributed by atoms with E-state index < -0.39 is 0 Å². The maximum atomic E-state index is 12.5. The molecule has 0 aliphatic carbocycles. The number of hydrogen-bond acceptors (Lipinski definition) is 6. The maximum Gasteiger partial charge on any atom is 0.242 e. The standard InChI is InChI=1S/C17H27N5O3/c1-4-6-18-16(23)12-21-7-9-22(10-8-21)14(5-2)17(24)19-15-11-13(3)25-20-15/h4,11,14H,1,5-10,12H2,2-3H3,(H,18,23)(H,19,20,24)/t14-/m1/s1. The van der Waals surface area contributed by atoms with Crippen molar-refractivity contribution in [1.82, 2.24) is 20.3 Å². The van der Waals surface area contributed by atoms with Gasteiger partial charge in [0.15, 0.2) is 5.82 Å². The van der Waals surface area contributed by atoms with Crippen molar-refractivity contribution in [3.8, 4) is 0 Å². The van der Waals surface area contributed by atoms with E-state index in [-0.39, 0.29) is 17.9 Å². The van der Waals surface area contributed by atoms with Gasteiger partial charge in [-0.3, -0.25) is 19.4 Å². The Labute approximate surface area is 148 Å². The largest absolute Gasteiger partial charge is 0.360 e. The lowest BCUT2D eigenvalue weighted by molar-refractivity contribution is -0.125. The van der Waals surface area contributed by atoms with Crippen molar-refractivity contribution >= 4 is 17.6 Å². The fourth-order valence-corrected chi connectivity index (χ4v) is 2.92. The van der Waals surface area contributed by atoms with Gasteiger partial charge in [0.1, 0.15) is 5.76 Å². The van der Waals surface area contributed by atoms with Gasteiger partial charge in [0, 0.05) is 38.8 Å². The number of hydrogen-bond donors (Lipinski definition) is 2. The molecule has 1 aromatic heterocycles. The first kappa shape index (κ1) is 19.1. The van der Waals surface area contributed by atoms with Crippen LogP contribution in [0, 0.1) is 6.92 Å². The number of rotatable bonds is 8. The van der Waals surface area contributed by atoms with Gasteiger partial charge in [-0.1, -0.05) is 18.2 Å². The zero-order chi connectivity index (χ0) is 18.2. The van der Waals surface area contributed by atoms with Crippen LogP contribution in [0.4, 0.5) is 5.82 Å². The zero-order valence-corrected chi connectivity index (χ0v) is 15.0. The summed E-state index contributed by atoms with van der Waals surface area (Å²) in [6.07, 6.45) is 2.37. The molecule has 1 fully saturated rings. The molecule has 2 rings (SSSR count). The lowest BCUT2D eigenvalue weighted by atomic mass is 10.1. The summed E-state index contributed by atoms with van der Waals surface area (Å²) in [4.78, 5) is 28.5. The molecule has 1 aromatic rings. The highest BCUT2D eigenvalue weighted by atomic mass is 16.5. The number of anilines is 1. The second kappa shape index (κ2) is 9.33. The third-order valence-corrected chi connectivity index (χ3v) is 4.23. The van der Waals surface area contributed by atoms with Gasteiger partial charge in [-0.2, -0.15) is 0 Å². The third-order valence-electron chi connectivity index (χ3n) is 4.23. The molecule has 1 atom stereocenters. The van der Waals surface area contributed by atoms with Gasteiger partial charge in [0.2, 0.25) is 11.8 Å². The van der Waals surface area contributed by atoms with Crippen molar-refractivity contribution in [3.05, 3.63) is 24.5 Å². The van der Waals surface area contributed by atoms with E-state index in [2.05, 4.69) is 32.2 Å². The van der Waals surface area contributed by atoms with Crippen LogP contribution in [-0.2, 0) is 9.59 Å². The van der Waals surface area contributed by atoms with Crippen molar-refractivity contribution in [2.45, 2.75) is 26.3 Å². The molecule has 25 heavy (non-hydrogen) atoms. The molecule has 1 aliphatic rings. The van der Waals surface area contributed by atoms with Crippen molar-refractivity contribution in [3.63, 3.8) is 0 Å². The minimum atomic E-state index is -0.214. The number of carbonyl (C=O) groups is 2. The van der Waals surface area contributed by atoms with Gasteiger partial charge in [-0.25, -0.2) is 0 Å². The molecule has 1 saturated heterocycles. The highest BCUT2D eigenvalue weighted by Crippen LogP contribution is 2.13. The van der Waals surface area contributed by atoms with Gasteiger partial charge in [-0.05, 0) is 13.3 Å². The summed E-state index contributed by atoms with van der Waals surface area (Å²) in [5, 5.41) is 9.39. The first-order valence-electron chi connectivity index (χ1n) is 8.61. The van der Waals surface area contributed by atoms with Crippen molar-refractivity contribution < 1.29 is 14.1 Å². The molecule has 2 amide bonds.